The summed E-state index contributed by atoms with van der Waals surface area (Å²) in [4.78, 5) is 10.6. The van der Waals surface area contributed by atoms with Crippen LogP contribution >= 0.6 is 0 Å². The summed E-state index contributed by atoms with van der Waals surface area (Å²) in [5.41, 5.74) is 0. The average Bonchev–Trinajstić information content (AvgIpc) is 2.66. The van der Waals surface area contributed by atoms with Crippen LogP contribution in [0.5, 0.6) is 0 Å². The lowest BCUT2D eigenvalue weighted by Crippen LogP contribution is -2.73. The first-order valence-corrected chi connectivity index (χ1v) is 7.87. The van der Waals surface area contributed by atoms with Gasteiger partial charge in [-0.15, -0.1) is 0 Å². The quantitative estimate of drug-likeness (QED) is 0.151. The average molecular weight is 546 g/mol. The van der Waals surface area contributed by atoms with Crippen LogP contribution in [0.2, 0.25) is 0 Å². The van der Waals surface area contributed by atoms with Gasteiger partial charge < -0.3 is 14.6 Å². The van der Waals surface area contributed by atoms with E-state index >= 15 is 0 Å². The van der Waals surface area contributed by atoms with E-state index < -0.39 is 73.4 Å². The maximum atomic E-state index is 13.5. The predicted octanol–water partition coefficient (Wildman–Crippen LogP) is 5.11. The molecule has 34 heavy (non-hydrogen) atoms. The number of carbonyl (C=O) groups excluding carboxylic acids is 1. The van der Waals surface area contributed by atoms with Crippen molar-refractivity contribution in [2.45, 2.75) is 60.8 Å². The molecule has 1 N–H and O–H groups in total. The minimum absolute atomic E-state index is 0.364. The molecule has 1 unspecified atom stereocenters. The molecule has 0 aliphatic carbocycles. The first-order valence-electron chi connectivity index (χ1n) is 7.87. The second-order valence-corrected chi connectivity index (χ2v) is 6.05. The lowest BCUT2D eigenvalue weighted by molar-refractivity contribution is -0.469. The van der Waals surface area contributed by atoms with Gasteiger partial charge in [-0.25, -0.2) is 13.6 Å². The third-order valence-electron chi connectivity index (χ3n) is 3.70. The van der Waals surface area contributed by atoms with Gasteiger partial charge in [0, 0.05) is 12.5 Å². The Kier molecular flexibility index (Phi) is 9.01. The van der Waals surface area contributed by atoms with Gasteiger partial charge >= 0.3 is 54.0 Å². The van der Waals surface area contributed by atoms with Crippen molar-refractivity contribution in [3.8, 4) is 0 Å². The minimum Gasteiger partial charge on any atom is -0.433 e. The third kappa shape index (κ3) is 5.01. The summed E-state index contributed by atoms with van der Waals surface area (Å²) in [5, 5.41) is 8.97. The first-order chi connectivity index (χ1) is 14.8. The van der Waals surface area contributed by atoms with E-state index in [9.17, 15) is 75.0 Å². The number of hydrogen-bond acceptors (Lipinski definition) is 4. The van der Waals surface area contributed by atoms with Gasteiger partial charge in [0.05, 0.1) is 6.61 Å². The Morgan fingerprint density at radius 3 is 1.53 bits per heavy atom. The van der Waals surface area contributed by atoms with E-state index in [2.05, 4.69) is 16.1 Å². The fraction of sp³-hybridized carbons (Fsp3) is 0.786. The van der Waals surface area contributed by atoms with Crippen LogP contribution in [0.25, 0.3) is 0 Å². The lowest BCUT2D eigenvalue weighted by atomic mass is 9.91. The second-order valence-electron chi connectivity index (χ2n) is 6.05. The number of alkyl halides is 16. The molecule has 0 aromatic rings. The van der Waals surface area contributed by atoms with Crippen LogP contribution < -0.4 is 0 Å². The number of aliphatic hydroxyl groups excluding tert-OH is 1. The molecule has 20 heteroatoms. The smallest absolute Gasteiger partial charge is 0.426 e. The molecule has 0 radical (unpaired) electrons. The zero-order valence-electron chi connectivity index (χ0n) is 15.6. The topological polar surface area (TPSA) is 55.8 Å². The normalized spacial score (nSPS) is 15.9. The third-order valence-corrected chi connectivity index (χ3v) is 3.70. The zero-order chi connectivity index (χ0) is 27.8. The van der Waals surface area contributed by atoms with Crippen molar-refractivity contribution in [2.75, 3.05) is 6.61 Å². The molecule has 1 atom stereocenters. The van der Waals surface area contributed by atoms with Crippen molar-refractivity contribution in [3.63, 3.8) is 0 Å². The molecule has 0 bridgehead atoms. The number of hydrogen-bond donors (Lipinski definition) is 1. The molecule has 0 aliphatic heterocycles. The number of esters is 1. The molecule has 0 aliphatic rings. The largest absolute Gasteiger partial charge is 0.433 e. The van der Waals surface area contributed by atoms with Gasteiger partial charge in [-0.1, -0.05) is 6.58 Å². The maximum absolute atomic E-state index is 13.5. The summed E-state index contributed by atoms with van der Waals surface area (Å²) in [6, 6.07) is 0. The summed E-state index contributed by atoms with van der Waals surface area (Å²) in [5.74, 6) is -50.4. The Labute approximate surface area is 177 Å². The minimum atomic E-state index is -8.53. The van der Waals surface area contributed by atoms with Gasteiger partial charge in [0.2, 0.25) is 6.29 Å². The number of halogens is 16. The van der Waals surface area contributed by atoms with Crippen LogP contribution in [-0.4, -0.2) is 72.0 Å². The van der Waals surface area contributed by atoms with Crippen LogP contribution in [-0.2, 0) is 14.3 Å². The summed E-state index contributed by atoms with van der Waals surface area (Å²) in [7, 11) is 0. The predicted molar refractivity (Wildman–Crippen MR) is 73.5 cm³/mol. The Balaban J connectivity index is 6.06. The number of ether oxygens (including phenoxy) is 2. The van der Waals surface area contributed by atoms with Crippen LogP contribution in [0.1, 0.15) is 6.42 Å². The molecular weight excluding hydrogens is 536 g/mol. The van der Waals surface area contributed by atoms with Gasteiger partial charge in [0.25, 0.3) is 0 Å². The summed E-state index contributed by atoms with van der Waals surface area (Å²) in [6.07, 6.45) is -16.5. The molecule has 0 aromatic carbocycles. The van der Waals surface area contributed by atoms with Crippen molar-refractivity contribution in [2.24, 2.45) is 0 Å². The fourth-order valence-electron chi connectivity index (χ4n) is 1.74. The Morgan fingerprint density at radius 1 is 0.765 bits per heavy atom. The van der Waals surface area contributed by atoms with Crippen molar-refractivity contribution >= 4 is 5.97 Å². The highest BCUT2D eigenvalue weighted by molar-refractivity contribution is 5.81. The molecule has 0 amide bonds. The molecule has 0 heterocycles. The van der Waals surface area contributed by atoms with Gasteiger partial charge in [0.15, 0.2) is 0 Å². The van der Waals surface area contributed by atoms with Crippen LogP contribution in [0.15, 0.2) is 12.7 Å². The summed E-state index contributed by atoms with van der Waals surface area (Å²) >= 11 is 0. The molecule has 0 spiro atoms. The number of carbonyl (C=O) groups is 1. The zero-order valence-corrected chi connectivity index (χ0v) is 15.6. The SMILES string of the molecule is C=CC(=O)OC(O)CCOC(F)(F)C(F)(F)C(F)(F)C(F)(F)C(F)(F)C(F)(F)C(F)(F)C(F)F. The van der Waals surface area contributed by atoms with Gasteiger partial charge in [-0.3, -0.25) is 0 Å². The molecule has 4 nitrogen and oxygen atoms in total. The van der Waals surface area contributed by atoms with Gasteiger partial charge in [0.1, 0.15) is 0 Å². The van der Waals surface area contributed by atoms with E-state index in [0.29, 0.717) is 6.08 Å². The maximum Gasteiger partial charge on any atom is 0.426 e. The molecule has 0 rings (SSSR count). The molecule has 0 fully saturated rings. The number of aliphatic hydroxyl groups is 1. The molecule has 0 saturated carbocycles. The standard InChI is InChI=1S/C14H10F16O4/c1-2-5(31)34-6(32)3-4-33-14(29,30)13(27,28)12(25,26)11(23,24)10(21,22)9(19,20)8(17,18)7(15)16/h2,6-7,32H,1,3-4H2. The highest BCUT2D eigenvalue weighted by Gasteiger charge is 2.94. The van der Waals surface area contributed by atoms with Gasteiger partial charge in [-0.05, 0) is 0 Å². The molecule has 0 saturated heterocycles. The summed E-state index contributed by atoms with van der Waals surface area (Å²) < 4.78 is 216. The molecular formula is C14H10F16O4. The van der Waals surface area contributed by atoms with E-state index in [1.807, 2.05) is 0 Å². The monoisotopic (exact) mass is 546 g/mol. The van der Waals surface area contributed by atoms with Crippen molar-refractivity contribution < 1.29 is 89.6 Å². The summed E-state index contributed by atoms with van der Waals surface area (Å²) in [6.45, 7) is 0.706. The van der Waals surface area contributed by atoms with E-state index in [0.717, 1.165) is 0 Å². The first kappa shape index (κ1) is 32.0. The lowest BCUT2D eigenvalue weighted by Gasteiger charge is -2.42. The molecule has 202 valence electrons. The number of rotatable bonds is 13. The van der Waals surface area contributed by atoms with E-state index in [-0.39, 0.29) is 0 Å². The van der Waals surface area contributed by atoms with Crippen LogP contribution in [0, 0.1) is 0 Å². The Morgan fingerprint density at radius 2 is 1.15 bits per heavy atom. The van der Waals surface area contributed by atoms with Gasteiger partial charge in [-0.2, -0.15) is 61.5 Å². The van der Waals surface area contributed by atoms with E-state index in [1.54, 1.807) is 0 Å². The highest BCUT2D eigenvalue weighted by atomic mass is 19.4. The highest BCUT2D eigenvalue weighted by Crippen LogP contribution is 2.62. The molecule has 0 aromatic heterocycles. The van der Waals surface area contributed by atoms with E-state index in [1.165, 1.54) is 0 Å². The Bertz CT molecular complexity index is 735. The van der Waals surface area contributed by atoms with Crippen molar-refractivity contribution in [1.29, 1.82) is 0 Å². The van der Waals surface area contributed by atoms with Crippen molar-refractivity contribution in [3.05, 3.63) is 12.7 Å². The van der Waals surface area contributed by atoms with E-state index in [4.69, 9.17) is 5.11 Å². The van der Waals surface area contributed by atoms with Crippen LogP contribution in [0.4, 0.5) is 70.2 Å². The van der Waals surface area contributed by atoms with Crippen molar-refractivity contribution in [1.82, 2.24) is 0 Å². The van der Waals surface area contributed by atoms with Crippen LogP contribution in [0.3, 0.4) is 0 Å². The second kappa shape index (κ2) is 9.57. The fourth-order valence-corrected chi connectivity index (χ4v) is 1.74. The Hall–Kier alpha value is -1.99.